The molecule has 32 heavy (non-hydrogen) atoms. The van der Waals surface area contributed by atoms with Crippen molar-refractivity contribution in [1.29, 1.82) is 0 Å². The predicted octanol–water partition coefficient (Wildman–Crippen LogP) is 5.01. The molecule has 4 rings (SSSR count). The van der Waals surface area contributed by atoms with E-state index in [2.05, 4.69) is 6.92 Å². The third kappa shape index (κ3) is 4.18. The van der Waals surface area contributed by atoms with E-state index >= 15 is 4.39 Å². The standard InChI is InChI=1S/C25H29FN2O3S/c1-3-4-12-28-17-24(32(30,31)19-10-6-5-7-11-19)25(29)20-14-21(26)23(15-22(20)28)27-13-8-9-18(2)16-27/h5-7,10-11,14-15,17-18H,3-4,8-9,12-13,16H2,1-2H3/t18-/m0/s1. The Kier molecular flexibility index (Phi) is 6.38. The van der Waals surface area contributed by atoms with Gasteiger partial charge in [-0.2, -0.15) is 0 Å². The number of nitrogens with zero attached hydrogens (tertiary/aromatic N) is 2. The van der Waals surface area contributed by atoms with Gasteiger partial charge in [0.25, 0.3) is 0 Å². The lowest BCUT2D eigenvalue weighted by Crippen LogP contribution is -2.35. The van der Waals surface area contributed by atoms with Crippen LogP contribution in [0.4, 0.5) is 10.1 Å². The second-order valence-electron chi connectivity index (χ2n) is 8.70. The molecule has 2 aromatic carbocycles. The van der Waals surface area contributed by atoms with Gasteiger partial charge in [0.2, 0.25) is 15.3 Å². The summed E-state index contributed by atoms with van der Waals surface area (Å²) in [6.45, 7) is 6.29. The number of aryl methyl sites for hydroxylation is 1. The summed E-state index contributed by atoms with van der Waals surface area (Å²) in [6.07, 6.45) is 5.27. The SMILES string of the molecule is CCCCn1cc(S(=O)(=O)c2ccccc2)c(=O)c2cc(F)c(N3CCC[C@H](C)C3)cc21. The van der Waals surface area contributed by atoms with E-state index in [0.29, 0.717) is 23.7 Å². The Bertz CT molecular complexity index is 1290. The number of pyridine rings is 1. The molecule has 170 valence electrons. The van der Waals surface area contributed by atoms with Gasteiger partial charge in [0.05, 0.1) is 21.5 Å². The summed E-state index contributed by atoms with van der Waals surface area (Å²) in [5, 5.41) is 0.101. The van der Waals surface area contributed by atoms with E-state index in [9.17, 15) is 13.2 Å². The number of unbranched alkanes of at least 4 members (excludes halogenated alkanes) is 1. The molecule has 1 aliphatic heterocycles. The first-order valence-electron chi connectivity index (χ1n) is 11.2. The van der Waals surface area contributed by atoms with Crippen molar-refractivity contribution in [2.45, 2.75) is 55.9 Å². The normalized spacial score (nSPS) is 17.1. The van der Waals surface area contributed by atoms with Crippen molar-refractivity contribution in [1.82, 2.24) is 4.57 Å². The number of fused-ring (bicyclic) bond motifs is 1. The highest BCUT2D eigenvalue weighted by Crippen LogP contribution is 2.30. The van der Waals surface area contributed by atoms with Crippen LogP contribution in [0.25, 0.3) is 10.9 Å². The number of benzene rings is 2. The molecule has 1 aromatic heterocycles. The van der Waals surface area contributed by atoms with Crippen LogP contribution in [0.2, 0.25) is 0 Å². The number of sulfone groups is 1. The average Bonchev–Trinajstić information content (AvgIpc) is 2.79. The van der Waals surface area contributed by atoms with Gasteiger partial charge in [0.1, 0.15) is 10.7 Å². The fraction of sp³-hybridized carbons (Fsp3) is 0.400. The highest BCUT2D eigenvalue weighted by molar-refractivity contribution is 7.91. The first kappa shape index (κ1) is 22.5. The van der Waals surface area contributed by atoms with Crippen LogP contribution < -0.4 is 10.3 Å². The lowest BCUT2D eigenvalue weighted by atomic mass is 9.99. The smallest absolute Gasteiger partial charge is 0.211 e. The highest BCUT2D eigenvalue weighted by atomic mass is 32.2. The molecule has 0 N–H and O–H groups in total. The molecule has 0 spiro atoms. The first-order valence-corrected chi connectivity index (χ1v) is 12.7. The van der Waals surface area contributed by atoms with E-state index in [4.69, 9.17) is 0 Å². The van der Waals surface area contributed by atoms with Gasteiger partial charge in [-0.25, -0.2) is 12.8 Å². The number of piperidine rings is 1. The average molecular weight is 457 g/mol. The molecule has 0 saturated carbocycles. The minimum atomic E-state index is -4.03. The van der Waals surface area contributed by atoms with Crippen LogP contribution in [0.1, 0.15) is 39.5 Å². The maximum absolute atomic E-state index is 15.2. The minimum Gasteiger partial charge on any atom is -0.369 e. The number of hydrogen-bond acceptors (Lipinski definition) is 4. The van der Waals surface area contributed by atoms with E-state index in [1.165, 1.54) is 24.4 Å². The monoisotopic (exact) mass is 456 g/mol. The van der Waals surface area contributed by atoms with Crippen molar-refractivity contribution in [3.8, 4) is 0 Å². The maximum Gasteiger partial charge on any atom is 0.211 e. The van der Waals surface area contributed by atoms with E-state index in [-0.39, 0.29) is 15.2 Å². The fourth-order valence-corrected chi connectivity index (χ4v) is 5.84. The Morgan fingerprint density at radius 3 is 2.59 bits per heavy atom. The zero-order valence-corrected chi connectivity index (χ0v) is 19.4. The molecule has 1 atom stereocenters. The van der Waals surface area contributed by atoms with Crippen molar-refractivity contribution in [2.75, 3.05) is 18.0 Å². The van der Waals surface area contributed by atoms with E-state index in [0.717, 1.165) is 38.8 Å². The Balaban J connectivity index is 1.93. The number of aromatic nitrogens is 1. The largest absolute Gasteiger partial charge is 0.369 e. The van der Waals surface area contributed by atoms with Crippen molar-refractivity contribution in [3.05, 3.63) is 64.7 Å². The van der Waals surface area contributed by atoms with Gasteiger partial charge in [0, 0.05) is 25.8 Å². The lowest BCUT2D eigenvalue weighted by molar-refractivity contribution is 0.442. The van der Waals surface area contributed by atoms with Crippen molar-refractivity contribution in [3.63, 3.8) is 0 Å². The third-order valence-electron chi connectivity index (χ3n) is 6.21. The quantitative estimate of drug-likeness (QED) is 0.523. The van der Waals surface area contributed by atoms with Crippen molar-refractivity contribution < 1.29 is 12.8 Å². The number of anilines is 1. The summed E-state index contributed by atoms with van der Waals surface area (Å²) in [7, 11) is -4.03. The Morgan fingerprint density at radius 2 is 1.91 bits per heavy atom. The van der Waals surface area contributed by atoms with E-state index in [1.54, 1.807) is 28.8 Å². The molecule has 0 unspecified atom stereocenters. The summed E-state index contributed by atoms with van der Waals surface area (Å²) in [5.74, 6) is -0.0143. The molecular weight excluding hydrogens is 427 g/mol. The molecule has 7 heteroatoms. The molecule has 1 saturated heterocycles. The number of hydrogen-bond donors (Lipinski definition) is 0. The summed E-state index contributed by atoms with van der Waals surface area (Å²) in [5.41, 5.74) is 0.395. The Labute approximate surface area is 188 Å². The lowest BCUT2D eigenvalue weighted by Gasteiger charge is -2.33. The van der Waals surface area contributed by atoms with Crippen LogP contribution in [-0.4, -0.2) is 26.1 Å². The number of rotatable bonds is 6. The highest BCUT2D eigenvalue weighted by Gasteiger charge is 2.26. The summed E-state index contributed by atoms with van der Waals surface area (Å²) >= 11 is 0. The van der Waals surface area contributed by atoms with Gasteiger partial charge in [-0.15, -0.1) is 0 Å². The van der Waals surface area contributed by atoms with Crippen LogP contribution in [0.3, 0.4) is 0 Å². The van der Waals surface area contributed by atoms with E-state index < -0.39 is 21.1 Å². The third-order valence-corrected chi connectivity index (χ3v) is 7.97. The van der Waals surface area contributed by atoms with Gasteiger partial charge in [-0.05, 0) is 49.4 Å². The summed E-state index contributed by atoms with van der Waals surface area (Å²) in [4.78, 5) is 15.1. The molecular formula is C25H29FN2O3S. The molecule has 1 aliphatic rings. The van der Waals surface area contributed by atoms with Gasteiger partial charge in [-0.1, -0.05) is 38.5 Å². The topological polar surface area (TPSA) is 59.4 Å². The molecule has 1 fully saturated rings. The maximum atomic E-state index is 15.2. The zero-order chi connectivity index (χ0) is 22.9. The summed E-state index contributed by atoms with van der Waals surface area (Å²) < 4.78 is 43.5. The predicted molar refractivity (Wildman–Crippen MR) is 126 cm³/mol. The van der Waals surface area contributed by atoms with Crippen LogP contribution in [0, 0.1) is 11.7 Å². The molecule has 2 heterocycles. The van der Waals surface area contributed by atoms with E-state index in [1.807, 2.05) is 11.8 Å². The minimum absolute atomic E-state index is 0.0536. The van der Waals surface area contributed by atoms with Gasteiger partial charge >= 0.3 is 0 Å². The molecule has 0 radical (unpaired) electrons. The van der Waals surface area contributed by atoms with Crippen molar-refractivity contribution >= 4 is 26.4 Å². The molecule has 0 bridgehead atoms. The van der Waals surface area contributed by atoms with Crippen LogP contribution >= 0.6 is 0 Å². The second-order valence-corrected chi connectivity index (χ2v) is 10.6. The molecule has 0 aliphatic carbocycles. The summed E-state index contributed by atoms with van der Waals surface area (Å²) in [6, 6.07) is 10.8. The van der Waals surface area contributed by atoms with Gasteiger partial charge in [-0.3, -0.25) is 4.79 Å². The molecule has 0 amide bonds. The van der Waals surface area contributed by atoms with Gasteiger partial charge < -0.3 is 9.47 Å². The van der Waals surface area contributed by atoms with Crippen LogP contribution in [0.15, 0.2) is 63.2 Å². The van der Waals surface area contributed by atoms with Crippen LogP contribution in [0.5, 0.6) is 0 Å². The molecule has 3 aromatic rings. The van der Waals surface area contributed by atoms with Crippen LogP contribution in [-0.2, 0) is 16.4 Å². The Hall–Kier alpha value is -2.67. The van der Waals surface area contributed by atoms with Crippen molar-refractivity contribution in [2.24, 2.45) is 5.92 Å². The zero-order valence-electron chi connectivity index (χ0n) is 18.6. The fourth-order valence-electron chi connectivity index (χ4n) is 4.45. The Morgan fingerprint density at radius 1 is 1.16 bits per heavy atom. The second kappa shape index (κ2) is 9.06. The molecule has 5 nitrogen and oxygen atoms in total. The first-order chi connectivity index (χ1) is 15.3. The number of halogens is 1. The van der Waals surface area contributed by atoms with Gasteiger partial charge in [0.15, 0.2) is 0 Å².